The summed E-state index contributed by atoms with van der Waals surface area (Å²) in [6, 6.07) is 20.4. The van der Waals surface area contributed by atoms with E-state index in [1.54, 1.807) is 24.3 Å². The molecule has 1 aliphatic heterocycles. The molecule has 9 heteroatoms. The van der Waals surface area contributed by atoms with E-state index in [0.717, 1.165) is 16.7 Å². The van der Waals surface area contributed by atoms with Gasteiger partial charge in [0.05, 0.1) is 13.3 Å². The van der Waals surface area contributed by atoms with Crippen molar-refractivity contribution < 1.29 is 9.53 Å². The van der Waals surface area contributed by atoms with Crippen LogP contribution in [0.2, 0.25) is 15.1 Å². The molecule has 0 spiro atoms. The lowest BCUT2D eigenvalue weighted by Crippen LogP contribution is -2.45. The van der Waals surface area contributed by atoms with Crippen LogP contribution in [0.5, 0.6) is 0 Å². The van der Waals surface area contributed by atoms with Gasteiger partial charge in [-0.05, 0) is 54.8 Å². The lowest BCUT2D eigenvalue weighted by atomic mass is 10.1. The number of nitrogens with zero attached hydrogens (tertiary/aromatic N) is 2. The van der Waals surface area contributed by atoms with Crippen LogP contribution >= 0.6 is 46.4 Å². The molecule has 38 heavy (non-hydrogen) atoms. The Balaban J connectivity index is 1.40. The molecule has 3 aromatic carbocycles. The summed E-state index contributed by atoms with van der Waals surface area (Å²) in [5, 5.41) is 4.72. The number of halogens is 4. The summed E-state index contributed by atoms with van der Waals surface area (Å²) >= 11 is 25.5. The zero-order chi connectivity index (χ0) is 27.2. The fraction of sp³-hybridized carbons (Fsp3) is 0.276. The highest BCUT2D eigenvalue weighted by molar-refractivity contribution is 6.35. The van der Waals surface area contributed by atoms with Gasteiger partial charge in [0.2, 0.25) is 5.91 Å². The molecule has 200 valence electrons. The molecule has 1 amide bonds. The zero-order valence-electron chi connectivity index (χ0n) is 21.1. The Labute approximate surface area is 243 Å². The van der Waals surface area contributed by atoms with E-state index < -0.39 is 11.6 Å². The van der Waals surface area contributed by atoms with Gasteiger partial charge in [0, 0.05) is 34.0 Å². The monoisotopic (exact) mass is 591 g/mol. The van der Waals surface area contributed by atoms with Crippen LogP contribution in [0.3, 0.4) is 0 Å². The molecule has 0 aliphatic carbocycles. The van der Waals surface area contributed by atoms with E-state index in [4.69, 9.17) is 51.1 Å². The molecule has 0 fully saturated rings. The van der Waals surface area contributed by atoms with Crippen LogP contribution in [0.25, 0.3) is 0 Å². The van der Waals surface area contributed by atoms with Crippen molar-refractivity contribution in [3.8, 4) is 0 Å². The number of aryl methyl sites for hydroxylation is 1. The third-order valence-electron chi connectivity index (χ3n) is 6.44. The molecule has 0 saturated heterocycles. The summed E-state index contributed by atoms with van der Waals surface area (Å²) in [6.07, 6.45) is 3.25. The third kappa shape index (κ3) is 7.37. The van der Waals surface area contributed by atoms with E-state index in [9.17, 15) is 4.79 Å². The van der Waals surface area contributed by atoms with Gasteiger partial charge in [-0.1, -0.05) is 94.4 Å². The normalized spacial score (nSPS) is 15.4. The first-order valence-corrected chi connectivity index (χ1v) is 13.8. The van der Waals surface area contributed by atoms with E-state index >= 15 is 0 Å². The number of alkyl halides is 1. The first-order chi connectivity index (χ1) is 18.2. The molecule has 5 nitrogen and oxygen atoms in total. The molecule has 0 bridgehead atoms. The topological polar surface area (TPSA) is 44.8 Å². The minimum atomic E-state index is -0.564. The smallest absolute Gasteiger partial charge is 0.242 e. The third-order valence-corrected chi connectivity index (χ3v) is 7.76. The molecule has 3 unspecified atom stereocenters. The molecule has 0 radical (unpaired) electrons. The van der Waals surface area contributed by atoms with Crippen molar-refractivity contribution in [2.24, 2.45) is 0 Å². The fourth-order valence-corrected chi connectivity index (χ4v) is 4.97. The SMILES string of the molecule is Cc1ccc(CNC(=O)C(C)N2C=CN(C(Cl)C(OCc3ccc(Cl)cc3Cl)c3ccc(Cl)cc3)C2)cc1. The number of ether oxygens (including phenoxy) is 1. The Kier molecular flexibility index (Phi) is 9.85. The van der Waals surface area contributed by atoms with Crippen molar-refractivity contribution in [3.63, 3.8) is 0 Å². The highest BCUT2D eigenvalue weighted by Crippen LogP contribution is 2.33. The molecule has 1 heterocycles. The second-order valence-electron chi connectivity index (χ2n) is 9.24. The molecule has 4 rings (SSSR count). The zero-order valence-corrected chi connectivity index (χ0v) is 24.1. The molecular formula is C29H29Cl4N3O2. The van der Waals surface area contributed by atoms with Gasteiger partial charge in [-0.3, -0.25) is 4.79 Å². The number of rotatable bonds is 10. The number of nitrogens with one attached hydrogen (secondary N) is 1. The van der Waals surface area contributed by atoms with Gasteiger partial charge < -0.3 is 19.9 Å². The Hall–Kier alpha value is -2.41. The predicted octanol–water partition coefficient (Wildman–Crippen LogP) is 7.53. The lowest BCUT2D eigenvalue weighted by molar-refractivity contribution is -0.125. The maximum absolute atomic E-state index is 12.9. The number of benzene rings is 3. The van der Waals surface area contributed by atoms with Gasteiger partial charge in [-0.2, -0.15) is 0 Å². The van der Waals surface area contributed by atoms with Crippen LogP contribution in [0, 0.1) is 6.92 Å². The second-order valence-corrected chi connectivity index (χ2v) is 11.0. The molecule has 3 atom stereocenters. The second kappa shape index (κ2) is 13.1. The van der Waals surface area contributed by atoms with E-state index in [0.29, 0.717) is 28.3 Å². The Bertz CT molecular complexity index is 1270. The average Bonchev–Trinajstić information content (AvgIpc) is 3.40. The highest BCUT2D eigenvalue weighted by Gasteiger charge is 2.32. The summed E-state index contributed by atoms with van der Waals surface area (Å²) in [5.41, 5.74) is 3.35. The van der Waals surface area contributed by atoms with Gasteiger partial charge in [0.15, 0.2) is 0 Å². The Morgan fingerprint density at radius 2 is 1.61 bits per heavy atom. The van der Waals surface area contributed by atoms with E-state index in [-0.39, 0.29) is 18.6 Å². The fourth-order valence-electron chi connectivity index (χ4n) is 4.04. The van der Waals surface area contributed by atoms with E-state index in [1.807, 2.05) is 78.5 Å². The summed E-state index contributed by atoms with van der Waals surface area (Å²) < 4.78 is 6.31. The van der Waals surface area contributed by atoms with Crippen molar-refractivity contribution in [2.45, 2.75) is 44.6 Å². The van der Waals surface area contributed by atoms with E-state index in [1.165, 1.54) is 5.56 Å². The number of hydrogen-bond donors (Lipinski definition) is 1. The summed E-state index contributed by atoms with van der Waals surface area (Å²) in [4.78, 5) is 16.7. The number of carbonyl (C=O) groups excluding carboxylic acids is 1. The van der Waals surface area contributed by atoms with Crippen LogP contribution in [0.15, 0.2) is 79.1 Å². The standard InChI is InChI=1S/C29H29Cl4N3O2/c1-19-3-5-21(6-4-19)16-34-29(37)20(2)35-13-14-36(18-35)28(33)27(22-7-10-24(30)11-8-22)38-17-23-9-12-25(31)15-26(23)32/h3-15,20,27-28H,16-18H2,1-2H3,(H,34,37). The molecule has 1 aliphatic rings. The minimum absolute atomic E-state index is 0.0638. The van der Waals surface area contributed by atoms with Gasteiger partial charge in [-0.15, -0.1) is 0 Å². The van der Waals surface area contributed by atoms with Gasteiger partial charge in [-0.25, -0.2) is 0 Å². The maximum atomic E-state index is 12.9. The van der Waals surface area contributed by atoms with Crippen LogP contribution in [0.1, 0.15) is 35.3 Å². The quantitative estimate of drug-likeness (QED) is 0.195. The Morgan fingerprint density at radius 3 is 2.29 bits per heavy atom. The largest absolute Gasteiger partial charge is 0.365 e. The summed E-state index contributed by atoms with van der Waals surface area (Å²) in [5.74, 6) is -0.0638. The lowest BCUT2D eigenvalue weighted by Gasteiger charge is -2.33. The molecule has 0 saturated carbocycles. The van der Waals surface area contributed by atoms with Crippen molar-refractivity contribution in [1.82, 2.24) is 15.1 Å². The van der Waals surface area contributed by atoms with Gasteiger partial charge in [0.25, 0.3) is 0 Å². The minimum Gasteiger partial charge on any atom is -0.365 e. The molecular weight excluding hydrogens is 564 g/mol. The Morgan fingerprint density at radius 1 is 0.947 bits per heavy atom. The average molecular weight is 593 g/mol. The number of hydrogen-bond acceptors (Lipinski definition) is 4. The van der Waals surface area contributed by atoms with Crippen molar-refractivity contribution in [3.05, 3.63) is 116 Å². The predicted molar refractivity (Wildman–Crippen MR) is 155 cm³/mol. The van der Waals surface area contributed by atoms with Crippen LogP contribution in [0.4, 0.5) is 0 Å². The van der Waals surface area contributed by atoms with Crippen molar-refractivity contribution >= 4 is 52.3 Å². The molecule has 3 aromatic rings. The summed E-state index contributed by atoms with van der Waals surface area (Å²) in [7, 11) is 0. The number of carbonyl (C=O) groups is 1. The first-order valence-electron chi connectivity index (χ1n) is 12.2. The molecule has 1 N–H and O–H groups in total. The van der Waals surface area contributed by atoms with Crippen LogP contribution < -0.4 is 5.32 Å². The maximum Gasteiger partial charge on any atom is 0.242 e. The highest BCUT2D eigenvalue weighted by atomic mass is 35.5. The van der Waals surface area contributed by atoms with Crippen LogP contribution in [-0.2, 0) is 22.7 Å². The van der Waals surface area contributed by atoms with Crippen LogP contribution in [-0.4, -0.2) is 33.9 Å². The van der Waals surface area contributed by atoms with E-state index in [2.05, 4.69) is 5.32 Å². The first kappa shape index (κ1) is 28.6. The van der Waals surface area contributed by atoms with Crippen molar-refractivity contribution in [1.29, 1.82) is 0 Å². The van der Waals surface area contributed by atoms with Gasteiger partial charge in [0.1, 0.15) is 17.6 Å². The molecule has 0 aromatic heterocycles. The number of amides is 1. The summed E-state index contributed by atoms with van der Waals surface area (Å²) in [6.45, 7) is 5.06. The van der Waals surface area contributed by atoms with Gasteiger partial charge >= 0.3 is 0 Å². The van der Waals surface area contributed by atoms with Crippen molar-refractivity contribution in [2.75, 3.05) is 6.67 Å².